The van der Waals surface area contributed by atoms with E-state index >= 15 is 4.39 Å². The Morgan fingerprint density at radius 2 is 1.93 bits per heavy atom. The first-order chi connectivity index (χ1) is 20.2. The molecule has 3 saturated carbocycles. The molecule has 3 heterocycles. The summed E-state index contributed by atoms with van der Waals surface area (Å²) in [7, 11) is 0. The number of halogens is 6. The van der Waals surface area contributed by atoms with Crippen LogP contribution in [0.1, 0.15) is 56.0 Å². The number of terminal acetylenes is 1. The molecule has 4 N–H and O–H groups in total. The first-order valence-electron chi connectivity index (χ1n) is 13.7. The number of pyridine rings is 2. The molecule has 0 unspecified atom stereocenters. The van der Waals surface area contributed by atoms with Crippen LogP contribution >= 0.6 is 11.6 Å². The maximum absolute atomic E-state index is 16.0. The van der Waals surface area contributed by atoms with Crippen LogP contribution in [0.5, 0.6) is 0 Å². The lowest BCUT2D eigenvalue weighted by Crippen LogP contribution is -2.70. The summed E-state index contributed by atoms with van der Waals surface area (Å²) in [6, 6.07) is 5.05. The first kappa shape index (κ1) is 29.3. The highest BCUT2D eigenvalue weighted by Gasteiger charge is 2.62. The fourth-order valence-corrected chi connectivity index (χ4v) is 6.20. The van der Waals surface area contributed by atoms with Gasteiger partial charge in [0.2, 0.25) is 11.9 Å². The van der Waals surface area contributed by atoms with Gasteiger partial charge in [-0.3, -0.25) is 9.99 Å². The molecule has 13 heteroatoms. The number of alkyl halides is 3. The van der Waals surface area contributed by atoms with E-state index in [1.807, 2.05) is 0 Å². The molecule has 3 fully saturated rings. The highest BCUT2D eigenvalue weighted by atomic mass is 35.5. The van der Waals surface area contributed by atoms with Crippen molar-refractivity contribution in [1.82, 2.24) is 25.9 Å². The largest absolute Gasteiger partial charge is 0.395 e. The minimum absolute atomic E-state index is 0.165. The quantitative estimate of drug-likeness (QED) is 0.0950. The molecule has 4 aliphatic rings. The van der Waals surface area contributed by atoms with Gasteiger partial charge in [-0.05, 0) is 64.2 Å². The number of anilines is 2. The van der Waals surface area contributed by atoms with Crippen LogP contribution in [-0.2, 0) is 0 Å². The van der Waals surface area contributed by atoms with Gasteiger partial charge in [-0.2, -0.15) is 22.0 Å². The molecule has 3 aliphatic carbocycles. The predicted molar refractivity (Wildman–Crippen MR) is 155 cm³/mol. The van der Waals surface area contributed by atoms with E-state index in [1.54, 1.807) is 19.1 Å². The van der Waals surface area contributed by atoms with Gasteiger partial charge in [0.1, 0.15) is 5.70 Å². The van der Waals surface area contributed by atoms with Gasteiger partial charge in [-0.1, -0.05) is 23.6 Å². The Kier molecular flexibility index (Phi) is 6.89. The summed E-state index contributed by atoms with van der Waals surface area (Å²) in [5.74, 6) is 1.90. The molecular weight excluding hydrogens is 589 g/mol. The number of nitrogens with one attached hydrogen (secondary N) is 4. The molecular formula is C30H29ClF5N7. The van der Waals surface area contributed by atoms with Crippen molar-refractivity contribution in [2.24, 2.45) is 11.3 Å². The smallest absolute Gasteiger partial charge is 0.383 e. The van der Waals surface area contributed by atoms with Gasteiger partial charge in [-0.15, -0.1) is 12.0 Å². The van der Waals surface area contributed by atoms with Gasteiger partial charge in [0, 0.05) is 35.1 Å². The average molecular weight is 618 g/mol. The molecule has 43 heavy (non-hydrogen) atoms. The molecule has 3 aromatic rings. The van der Waals surface area contributed by atoms with Crippen LogP contribution in [0.15, 0.2) is 42.1 Å². The second-order valence-corrected chi connectivity index (χ2v) is 12.6. The molecule has 2 aromatic heterocycles. The molecule has 0 radical (unpaired) electrons. The van der Waals surface area contributed by atoms with Crippen LogP contribution < -0.4 is 21.6 Å². The van der Waals surface area contributed by atoms with Crippen LogP contribution in [0, 0.1) is 36.5 Å². The van der Waals surface area contributed by atoms with Crippen LogP contribution in [0.25, 0.3) is 10.9 Å². The maximum Gasteiger partial charge on any atom is 0.395 e. The van der Waals surface area contributed by atoms with Crippen molar-refractivity contribution in [3.63, 3.8) is 0 Å². The van der Waals surface area contributed by atoms with Crippen molar-refractivity contribution in [3.8, 4) is 12.3 Å². The molecule has 1 aromatic carbocycles. The van der Waals surface area contributed by atoms with E-state index in [-0.39, 0.29) is 27.5 Å². The van der Waals surface area contributed by atoms with Crippen LogP contribution in [0.3, 0.4) is 0 Å². The molecule has 7 rings (SSSR count). The van der Waals surface area contributed by atoms with Crippen molar-refractivity contribution in [1.29, 1.82) is 0 Å². The Morgan fingerprint density at radius 1 is 1.21 bits per heavy atom. The van der Waals surface area contributed by atoms with E-state index in [0.29, 0.717) is 33.8 Å². The number of benzene rings is 1. The third-order valence-corrected chi connectivity index (χ3v) is 9.05. The molecule has 0 spiro atoms. The fourth-order valence-electron chi connectivity index (χ4n) is 5.93. The summed E-state index contributed by atoms with van der Waals surface area (Å²) >= 11 is 6.63. The molecule has 1 atom stereocenters. The predicted octanol–water partition coefficient (Wildman–Crippen LogP) is 6.88. The van der Waals surface area contributed by atoms with E-state index in [0.717, 1.165) is 33.1 Å². The summed E-state index contributed by atoms with van der Waals surface area (Å²) in [6.45, 7) is 3.33. The lowest BCUT2D eigenvalue weighted by molar-refractivity contribution is -0.206. The van der Waals surface area contributed by atoms with Gasteiger partial charge in [0.05, 0.1) is 38.8 Å². The minimum Gasteiger partial charge on any atom is -0.383 e. The number of rotatable bonds is 8. The monoisotopic (exact) mass is 617 g/mol. The SMILES string of the molecule is C#Cc1cnc2c(Cl)cc(N[C@H](C3=C(F)N(C45CC(C4)C5)NN3)c3ccc(F)nc3C)cc2c1NCC(C)(C)C(F)(F)F. The summed E-state index contributed by atoms with van der Waals surface area (Å²) in [5.41, 5.74) is 5.78. The second-order valence-electron chi connectivity index (χ2n) is 12.1. The van der Waals surface area contributed by atoms with Crippen LogP contribution in [0.2, 0.25) is 5.02 Å². The van der Waals surface area contributed by atoms with E-state index in [4.69, 9.17) is 18.0 Å². The number of hydrogen-bond donors (Lipinski definition) is 4. The Morgan fingerprint density at radius 3 is 2.53 bits per heavy atom. The topological polar surface area (TPSA) is 77.1 Å². The standard InChI is InChI=1S/C30H29ClF5N7/c1-5-17-13-37-24-20(23(17)38-14-28(3,4)30(34,35)36)8-18(9-21(24)31)40-25(19-6-7-22(32)39-15(19)2)26-27(33)43(42-41-26)29-10-16(11-29)12-29/h1,6-9,13,16,25,40-42H,10-12,14H2,2-4H3,(H,37,38)/t16?,25-,29?/m0/s1. The first-order valence-corrected chi connectivity index (χ1v) is 14.1. The molecule has 2 bridgehead atoms. The third-order valence-electron chi connectivity index (χ3n) is 8.76. The van der Waals surface area contributed by atoms with E-state index in [2.05, 4.69) is 37.5 Å². The van der Waals surface area contributed by atoms with Gasteiger partial charge in [-0.25, -0.2) is 4.98 Å². The highest BCUT2D eigenvalue weighted by Crippen LogP contribution is 2.61. The zero-order valence-corrected chi connectivity index (χ0v) is 24.3. The zero-order valence-electron chi connectivity index (χ0n) is 23.6. The number of hydrazine groups is 2. The lowest BCUT2D eigenvalue weighted by atomic mass is 9.49. The number of aromatic nitrogens is 2. The van der Waals surface area contributed by atoms with Crippen molar-refractivity contribution >= 4 is 33.9 Å². The number of hydrogen-bond acceptors (Lipinski definition) is 7. The number of aryl methyl sites for hydroxylation is 1. The Labute approximate surface area is 250 Å². The van der Waals surface area contributed by atoms with Crippen LogP contribution in [0.4, 0.5) is 33.3 Å². The summed E-state index contributed by atoms with van der Waals surface area (Å²) < 4.78 is 70.9. The van der Waals surface area contributed by atoms with E-state index < -0.39 is 36.1 Å². The van der Waals surface area contributed by atoms with E-state index in [9.17, 15) is 17.6 Å². The second kappa shape index (κ2) is 10.1. The lowest BCUT2D eigenvalue weighted by Gasteiger charge is -2.64. The molecule has 7 nitrogen and oxygen atoms in total. The normalized spacial score (nSPS) is 22.0. The molecule has 226 valence electrons. The molecule has 0 saturated heterocycles. The Bertz CT molecular complexity index is 1680. The molecule has 1 aliphatic heterocycles. The van der Waals surface area contributed by atoms with Crippen LogP contribution in [-0.4, -0.2) is 33.2 Å². The van der Waals surface area contributed by atoms with Gasteiger partial charge in [0.25, 0.3) is 0 Å². The minimum atomic E-state index is -4.47. The highest BCUT2D eigenvalue weighted by molar-refractivity contribution is 6.35. The number of fused-ring (bicyclic) bond motifs is 1. The summed E-state index contributed by atoms with van der Waals surface area (Å²) in [5, 5.41) is 8.24. The Hall–Kier alpha value is -3.82. The summed E-state index contributed by atoms with van der Waals surface area (Å²) in [4.78, 5) is 8.27. The fraction of sp³-hybridized carbons (Fsp3) is 0.400. The zero-order chi connectivity index (χ0) is 30.9. The Balaban J connectivity index is 1.42. The van der Waals surface area contributed by atoms with Crippen molar-refractivity contribution in [2.75, 3.05) is 17.2 Å². The molecule has 0 amide bonds. The number of nitrogens with zero attached hydrogens (tertiary/aromatic N) is 3. The average Bonchev–Trinajstić information content (AvgIpc) is 3.24. The van der Waals surface area contributed by atoms with Crippen molar-refractivity contribution in [2.45, 2.75) is 57.8 Å². The van der Waals surface area contributed by atoms with Crippen molar-refractivity contribution < 1.29 is 22.0 Å². The van der Waals surface area contributed by atoms with Crippen molar-refractivity contribution in [3.05, 3.63) is 69.9 Å². The van der Waals surface area contributed by atoms with Gasteiger partial charge < -0.3 is 16.1 Å². The van der Waals surface area contributed by atoms with Gasteiger partial charge >= 0.3 is 6.18 Å². The summed E-state index contributed by atoms with van der Waals surface area (Å²) in [6.07, 6.45) is 5.27. The van der Waals surface area contributed by atoms with Gasteiger partial charge in [0.15, 0.2) is 0 Å². The third kappa shape index (κ3) is 4.88. The van der Waals surface area contributed by atoms with E-state index in [1.165, 1.54) is 23.3 Å². The maximum atomic E-state index is 16.0.